The maximum Gasteiger partial charge on any atom is 0.303 e. The molecule has 13 nitrogen and oxygen atoms in total. The highest BCUT2D eigenvalue weighted by Gasteiger charge is 2.50. The van der Waals surface area contributed by atoms with Gasteiger partial charge in [-0.15, -0.1) is 0 Å². The van der Waals surface area contributed by atoms with E-state index in [2.05, 4.69) is 0 Å². The van der Waals surface area contributed by atoms with E-state index in [4.69, 9.17) is 24.7 Å². The van der Waals surface area contributed by atoms with Crippen LogP contribution in [0.5, 0.6) is 17.2 Å². The van der Waals surface area contributed by atoms with Crippen molar-refractivity contribution in [1.82, 2.24) is 0 Å². The van der Waals surface area contributed by atoms with Gasteiger partial charge in [-0.2, -0.15) is 0 Å². The molecule has 0 bridgehead atoms. The van der Waals surface area contributed by atoms with E-state index in [0.29, 0.717) is 0 Å². The van der Waals surface area contributed by atoms with Gasteiger partial charge in [0, 0.05) is 48.9 Å². The van der Waals surface area contributed by atoms with Crippen molar-refractivity contribution < 1.29 is 58.6 Å². The summed E-state index contributed by atoms with van der Waals surface area (Å²) >= 11 is 0. The number of benzene rings is 2. The van der Waals surface area contributed by atoms with E-state index in [1.807, 2.05) is 0 Å². The number of esters is 1. The molecule has 0 saturated carbocycles. The number of phenols is 2. The van der Waals surface area contributed by atoms with E-state index in [-0.39, 0.29) is 34.4 Å². The molecule has 0 amide bonds. The molecule has 1 heterocycles. The second kappa shape index (κ2) is 10.7. The SMILES string of the molecule is COc1cccc2c1C(=O)c1c(O)c3c(c(O)c1C2=O)C[C@@](O)(C(=O)COC(C)=O)C[C@H]3O[C@H]1C[C@@H](N)[C@H](O)[C@@H](C)O1. The number of ether oxygens (including phenoxy) is 4. The predicted octanol–water partition coefficient (Wildman–Crippen LogP) is 0.572. The quantitative estimate of drug-likeness (QED) is 0.198. The highest BCUT2D eigenvalue weighted by atomic mass is 16.7. The van der Waals surface area contributed by atoms with E-state index in [1.54, 1.807) is 6.92 Å². The van der Waals surface area contributed by atoms with Gasteiger partial charge in [-0.05, 0) is 13.0 Å². The van der Waals surface area contributed by atoms with Crippen LogP contribution in [0, 0.1) is 0 Å². The van der Waals surface area contributed by atoms with Crippen molar-refractivity contribution in [2.45, 2.75) is 69.4 Å². The minimum atomic E-state index is -2.28. The van der Waals surface area contributed by atoms with E-state index in [0.717, 1.165) is 6.92 Å². The Labute approximate surface area is 239 Å². The fourth-order valence-corrected chi connectivity index (χ4v) is 5.90. The predicted molar refractivity (Wildman–Crippen MR) is 141 cm³/mol. The van der Waals surface area contributed by atoms with Crippen LogP contribution in [-0.4, -0.2) is 87.6 Å². The van der Waals surface area contributed by atoms with Gasteiger partial charge in [-0.25, -0.2) is 0 Å². The summed E-state index contributed by atoms with van der Waals surface area (Å²) in [6.07, 6.45) is -5.30. The van der Waals surface area contributed by atoms with Crippen LogP contribution in [0.1, 0.15) is 75.8 Å². The van der Waals surface area contributed by atoms with Gasteiger partial charge in [-0.1, -0.05) is 12.1 Å². The highest BCUT2D eigenvalue weighted by Crippen LogP contribution is 2.52. The summed E-state index contributed by atoms with van der Waals surface area (Å²) in [6, 6.07) is 3.59. The van der Waals surface area contributed by atoms with Gasteiger partial charge in [-0.3, -0.25) is 19.2 Å². The molecule has 2 aliphatic carbocycles. The lowest BCUT2D eigenvalue weighted by Gasteiger charge is -2.42. The molecule has 0 aromatic heterocycles. The molecular formula is C29H31NO12. The van der Waals surface area contributed by atoms with E-state index in [1.165, 1.54) is 25.3 Å². The van der Waals surface area contributed by atoms with Crippen LogP contribution in [0.3, 0.4) is 0 Å². The fourth-order valence-electron chi connectivity index (χ4n) is 5.90. The lowest BCUT2D eigenvalue weighted by molar-refractivity contribution is -0.247. The standard InChI is InChI=1S/C29H31NO12/c1-11-24(33)15(30)7-19(41-11)42-17-9-29(38,18(32)10-40-12(2)31)8-14-21(17)28(37)23-22(26(14)35)25(34)13-5-4-6-16(39-3)20(13)27(23)36/h4-6,11,15,17,19,24,33,35,37-38H,7-10,30H2,1-3H3/t11-,15-,17-,19+,24-,29+/m1/s1. The molecule has 0 unspecified atom stereocenters. The second-order valence-electron chi connectivity index (χ2n) is 10.8. The number of aliphatic hydroxyl groups excluding tert-OH is 1. The van der Waals surface area contributed by atoms with Gasteiger partial charge in [0.05, 0.1) is 42.1 Å². The summed E-state index contributed by atoms with van der Waals surface area (Å²) in [6.45, 7) is 1.87. The highest BCUT2D eigenvalue weighted by molar-refractivity contribution is 6.31. The Morgan fingerprint density at radius 2 is 1.81 bits per heavy atom. The molecule has 1 aliphatic heterocycles. The number of rotatable bonds is 6. The molecule has 3 aliphatic rings. The summed E-state index contributed by atoms with van der Waals surface area (Å²) in [5, 5.41) is 44.7. The topological polar surface area (TPSA) is 212 Å². The number of aliphatic hydroxyl groups is 2. The molecule has 1 saturated heterocycles. The first kappa shape index (κ1) is 29.6. The minimum absolute atomic E-state index is 0.00314. The van der Waals surface area contributed by atoms with Crippen LogP contribution in [-0.2, 0) is 30.2 Å². The number of aromatic hydroxyl groups is 2. The van der Waals surface area contributed by atoms with Crippen molar-refractivity contribution in [2.24, 2.45) is 5.73 Å². The normalized spacial score (nSPS) is 28.4. The zero-order valence-corrected chi connectivity index (χ0v) is 23.1. The van der Waals surface area contributed by atoms with Crippen LogP contribution in [0.2, 0.25) is 0 Å². The molecule has 2 aromatic carbocycles. The Morgan fingerprint density at radius 3 is 2.45 bits per heavy atom. The summed E-state index contributed by atoms with van der Waals surface area (Å²) in [4.78, 5) is 51.8. The number of Topliss-reactive ketones (excluding diaryl/α,β-unsaturated/α-hetero) is 1. The van der Waals surface area contributed by atoms with Gasteiger partial charge in [0.2, 0.25) is 11.6 Å². The number of fused-ring (bicyclic) bond motifs is 3. The largest absolute Gasteiger partial charge is 0.507 e. The molecule has 224 valence electrons. The maximum absolute atomic E-state index is 13.7. The lowest BCUT2D eigenvalue weighted by atomic mass is 9.72. The van der Waals surface area contributed by atoms with Crippen LogP contribution in [0.4, 0.5) is 0 Å². The Kier molecular flexibility index (Phi) is 7.58. The number of methoxy groups -OCH3 is 1. The maximum atomic E-state index is 13.7. The van der Waals surface area contributed by atoms with E-state index >= 15 is 0 Å². The molecular weight excluding hydrogens is 554 g/mol. The van der Waals surface area contributed by atoms with Crippen LogP contribution in [0.15, 0.2) is 18.2 Å². The van der Waals surface area contributed by atoms with Crippen LogP contribution < -0.4 is 10.5 Å². The van der Waals surface area contributed by atoms with Gasteiger partial charge >= 0.3 is 5.97 Å². The molecule has 0 radical (unpaired) electrons. The average molecular weight is 586 g/mol. The van der Waals surface area contributed by atoms with Crippen molar-refractivity contribution in [2.75, 3.05) is 13.7 Å². The van der Waals surface area contributed by atoms with Gasteiger partial charge in [0.15, 0.2) is 18.7 Å². The van der Waals surface area contributed by atoms with Crippen molar-refractivity contribution >= 4 is 23.3 Å². The smallest absolute Gasteiger partial charge is 0.303 e. The van der Waals surface area contributed by atoms with Crippen molar-refractivity contribution in [3.8, 4) is 17.2 Å². The molecule has 42 heavy (non-hydrogen) atoms. The number of hydrogen-bond donors (Lipinski definition) is 5. The Bertz CT molecular complexity index is 1490. The second-order valence-corrected chi connectivity index (χ2v) is 10.8. The third-order valence-corrected chi connectivity index (χ3v) is 8.07. The number of carbonyl (C=O) groups is 4. The summed E-state index contributed by atoms with van der Waals surface area (Å²) < 4.78 is 21.9. The monoisotopic (exact) mass is 585 g/mol. The third kappa shape index (κ3) is 4.72. The molecule has 6 N–H and O–H groups in total. The summed E-state index contributed by atoms with van der Waals surface area (Å²) in [5.74, 6) is -4.57. The molecule has 0 spiro atoms. The van der Waals surface area contributed by atoms with Crippen molar-refractivity contribution in [1.29, 1.82) is 0 Å². The van der Waals surface area contributed by atoms with Gasteiger partial charge in [0.1, 0.15) is 22.8 Å². The summed E-state index contributed by atoms with van der Waals surface area (Å²) in [5.41, 5.74) is 2.26. The third-order valence-electron chi connectivity index (χ3n) is 8.07. The lowest BCUT2D eigenvalue weighted by Crippen LogP contribution is -2.53. The molecule has 13 heteroatoms. The number of ketones is 3. The number of nitrogens with two attached hydrogens (primary N) is 1. The first-order chi connectivity index (χ1) is 19.8. The Morgan fingerprint density at radius 1 is 1.12 bits per heavy atom. The first-order valence-electron chi connectivity index (χ1n) is 13.3. The van der Waals surface area contributed by atoms with Gasteiger partial charge < -0.3 is 45.1 Å². The minimum Gasteiger partial charge on any atom is -0.507 e. The number of hydrogen-bond acceptors (Lipinski definition) is 13. The number of phenolic OH excluding ortho intramolecular Hbond substituents is 2. The van der Waals surface area contributed by atoms with Gasteiger partial charge in [0.25, 0.3) is 0 Å². The van der Waals surface area contributed by atoms with Crippen LogP contribution in [0.25, 0.3) is 0 Å². The van der Waals surface area contributed by atoms with E-state index in [9.17, 15) is 39.6 Å². The zero-order chi connectivity index (χ0) is 30.7. The first-order valence-corrected chi connectivity index (χ1v) is 13.3. The Balaban J connectivity index is 1.66. The molecule has 1 fully saturated rings. The van der Waals surface area contributed by atoms with E-state index < -0.39 is 102 Å². The fraction of sp³-hybridized carbons (Fsp3) is 0.448. The molecule has 2 aromatic rings. The van der Waals surface area contributed by atoms with Crippen molar-refractivity contribution in [3.63, 3.8) is 0 Å². The average Bonchev–Trinajstić information content (AvgIpc) is 2.94. The molecule has 6 atom stereocenters. The summed E-state index contributed by atoms with van der Waals surface area (Å²) in [7, 11) is 1.32. The molecule has 5 rings (SSSR count). The number of carbonyl (C=O) groups excluding carboxylic acids is 4. The Hall–Kier alpha value is -3.88. The van der Waals surface area contributed by atoms with Crippen LogP contribution >= 0.6 is 0 Å². The zero-order valence-electron chi connectivity index (χ0n) is 23.1. The van der Waals surface area contributed by atoms with Crippen molar-refractivity contribution in [3.05, 3.63) is 51.6 Å².